The minimum atomic E-state index is -4.13. The molecule has 0 heterocycles. The molecular formula is C12H12N2O4S2. The van der Waals surface area contributed by atoms with E-state index in [0.29, 0.717) is 5.69 Å². The fourth-order valence-electron chi connectivity index (χ4n) is 1.62. The molecule has 0 unspecified atom stereocenters. The van der Waals surface area contributed by atoms with Gasteiger partial charge >= 0.3 is 0 Å². The number of nitrogens with one attached hydrogen (secondary N) is 1. The molecule has 6 nitrogen and oxygen atoms in total. The minimum absolute atomic E-state index is 0.330. The Morgan fingerprint density at radius 1 is 0.750 bits per heavy atom. The Labute approximate surface area is 117 Å². The predicted octanol–water partition coefficient (Wildman–Crippen LogP) is 1.13. The average Bonchev–Trinajstić information content (AvgIpc) is 2.38. The first-order valence-corrected chi connectivity index (χ1v) is 8.53. The summed E-state index contributed by atoms with van der Waals surface area (Å²) in [5.41, 5.74) is 0.330. The molecule has 3 N–H and O–H groups in total. The van der Waals surface area contributed by atoms with E-state index in [1.54, 1.807) is 30.3 Å². The van der Waals surface area contributed by atoms with Gasteiger partial charge in [-0.3, -0.25) is 4.72 Å². The second-order valence-corrected chi connectivity index (χ2v) is 7.14. The van der Waals surface area contributed by atoms with Gasteiger partial charge in [-0.25, -0.2) is 22.0 Å². The van der Waals surface area contributed by atoms with E-state index < -0.39 is 24.9 Å². The SMILES string of the molecule is NS(=O)(=O)c1ccccc1S(=O)(=O)Nc1ccccc1. The van der Waals surface area contributed by atoms with Crippen LogP contribution in [0.3, 0.4) is 0 Å². The van der Waals surface area contributed by atoms with Crippen LogP contribution in [0.5, 0.6) is 0 Å². The van der Waals surface area contributed by atoms with Crippen LogP contribution in [0.25, 0.3) is 0 Å². The summed E-state index contributed by atoms with van der Waals surface area (Å²) in [5, 5.41) is 5.03. The van der Waals surface area contributed by atoms with Gasteiger partial charge in [0.15, 0.2) is 0 Å². The zero-order chi connectivity index (χ0) is 14.8. The number of anilines is 1. The van der Waals surface area contributed by atoms with E-state index in [0.717, 1.165) is 6.07 Å². The number of para-hydroxylation sites is 1. The molecule has 2 aromatic rings. The monoisotopic (exact) mass is 312 g/mol. The van der Waals surface area contributed by atoms with Crippen molar-refractivity contribution in [3.8, 4) is 0 Å². The first kappa shape index (κ1) is 14.5. The first-order valence-electron chi connectivity index (χ1n) is 5.50. The summed E-state index contributed by atoms with van der Waals surface area (Å²) in [7, 11) is -8.16. The Kier molecular flexibility index (Phi) is 3.80. The molecule has 0 saturated heterocycles. The van der Waals surface area contributed by atoms with E-state index in [1.807, 2.05) is 0 Å². The molecule has 0 aliphatic carbocycles. The van der Waals surface area contributed by atoms with Crippen molar-refractivity contribution in [3.05, 3.63) is 54.6 Å². The number of hydrogen-bond donors (Lipinski definition) is 2. The third-order valence-electron chi connectivity index (χ3n) is 2.47. The molecule has 0 amide bonds. The zero-order valence-corrected chi connectivity index (χ0v) is 11.9. The lowest BCUT2D eigenvalue weighted by atomic mass is 10.3. The van der Waals surface area contributed by atoms with Gasteiger partial charge < -0.3 is 0 Å². The van der Waals surface area contributed by atoms with E-state index in [4.69, 9.17) is 5.14 Å². The van der Waals surface area contributed by atoms with E-state index in [-0.39, 0.29) is 4.90 Å². The van der Waals surface area contributed by atoms with E-state index in [2.05, 4.69) is 4.72 Å². The summed E-state index contributed by atoms with van der Waals surface area (Å²) in [6, 6.07) is 13.3. The van der Waals surface area contributed by atoms with Gasteiger partial charge in [0.2, 0.25) is 10.0 Å². The Bertz CT molecular complexity index is 816. The second-order valence-electron chi connectivity index (χ2n) is 3.96. The number of benzene rings is 2. The molecule has 0 radical (unpaired) electrons. The van der Waals surface area contributed by atoms with Gasteiger partial charge in [0.1, 0.15) is 9.79 Å². The molecule has 0 spiro atoms. The number of sulfonamides is 2. The predicted molar refractivity (Wildman–Crippen MR) is 75.1 cm³/mol. The van der Waals surface area contributed by atoms with Crippen molar-refractivity contribution in [2.24, 2.45) is 5.14 Å². The number of rotatable bonds is 4. The van der Waals surface area contributed by atoms with Crippen molar-refractivity contribution in [1.29, 1.82) is 0 Å². The van der Waals surface area contributed by atoms with Crippen LogP contribution in [0.4, 0.5) is 5.69 Å². The standard InChI is InChI=1S/C12H12N2O4S2/c13-19(15,16)11-8-4-5-9-12(11)20(17,18)14-10-6-2-1-3-7-10/h1-9,14H,(H2,13,15,16). The third kappa shape index (κ3) is 3.16. The fourth-order valence-corrected chi connectivity index (χ4v) is 4.06. The van der Waals surface area contributed by atoms with Crippen molar-refractivity contribution >= 4 is 25.7 Å². The highest BCUT2D eigenvalue weighted by atomic mass is 32.2. The number of hydrogen-bond acceptors (Lipinski definition) is 4. The topological polar surface area (TPSA) is 106 Å². The molecule has 0 bridgehead atoms. The molecule has 0 aliphatic rings. The van der Waals surface area contributed by atoms with Crippen LogP contribution in [-0.2, 0) is 20.0 Å². The van der Waals surface area contributed by atoms with E-state index in [9.17, 15) is 16.8 Å². The molecule has 0 fully saturated rings. The summed E-state index contributed by atoms with van der Waals surface area (Å²) in [5.74, 6) is 0. The summed E-state index contributed by atoms with van der Waals surface area (Å²) in [4.78, 5) is -0.824. The Balaban J connectivity index is 2.51. The maximum atomic E-state index is 12.2. The molecule has 2 aromatic carbocycles. The van der Waals surface area contributed by atoms with E-state index in [1.165, 1.54) is 18.2 Å². The largest absolute Gasteiger partial charge is 0.280 e. The lowest BCUT2D eigenvalue weighted by Gasteiger charge is -2.10. The summed E-state index contributed by atoms with van der Waals surface area (Å²) < 4.78 is 49.7. The van der Waals surface area contributed by atoms with Crippen LogP contribution in [0, 0.1) is 0 Å². The molecule has 106 valence electrons. The van der Waals surface area contributed by atoms with Gasteiger partial charge in [-0.1, -0.05) is 30.3 Å². The van der Waals surface area contributed by atoms with Crippen LogP contribution in [0.2, 0.25) is 0 Å². The van der Waals surface area contributed by atoms with Crippen molar-refractivity contribution in [1.82, 2.24) is 0 Å². The summed E-state index contributed by atoms with van der Waals surface area (Å²) >= 11 is 0. The fraction of sp³-hybridized carbons (Fsp3) is 0. The quantitative estimate of drug-likeness (QED) is 0.882. The molecule has 0 atom stereocenters. The normalized spacial score (nSPS) is 12.1. The van der Waals surface area contributed by atoms with Crippen LogP contribution in [0.1, 0.15) is 0 Å². The van der Waals surface area contributed by atoms with Crippen molar-refractivity contribution < 1.29 is 16.8 Å². The first-order chi connectivity index (χ1) is 9.31. The van der Waals surface area contributed by atoms with Crippen molar-refractivity contribution in [3.63, 3.8) is 0 Å². The van der Waals surface area contributed by atoms with Gasteiger partial charge in [-0.05, 0) is 24.3 Å². The molecule has 0 aliphatic heterocycles. The smallest absolute Gasteiger partial charge is 0.263 e. The van der Waals surface area contributed by atoms with Gasteiger partial charge in [-0.15, -0.1) is 0 Å². The lowest BCUT2D eigenvalue weighted by molar-refractivity contribution is 0.586. The lowest BCUT2D eigenvalue weighted by Crippen LogP contribution is -2.20. The van der Waals surface area contributed by atoms with Crippen LogP contribution >= 0.6 is 0 Å². The number of primary sulfonamides is 1. The Morgan fingerprint density at radius 2 is 1.25 bits per heavy atom. The van der Waals surface area contributed by atoms with Gasteiger partial charge in [0, 0.05) is 5.69 Å². The van der Waals surface area contributed by atoms with Gasteiger partial charge in [0.05, 0.1) is 0 Å². The van der Waals surface area contributed by atoms with Crippen LogP contribution in [0.15, 0.2) is 64.4 Å². The van der Waals surface area contributed by atoms with Crippen molar-refractivity contribution in [2.75, 3.05) is 4.72 Å². The van der Waals surface area contributed by atoms with Gasteiger partial charge in [-0.2, -0.15) is 0 Å². The number of nitrogens with two attached hydrogens (primary N) is 1. The molecule has 0 aromatic heterocycles. The molecule has 0 saturated carbocycles. The Morgan fingerprint density at radius 3 is 1.80 bits per heavy atom. The Hall–Kier alpha value is -1.90. The summed E-state index contributed by atoms with van der Waals surface area (Å²) in [6.07, 6.45) is 0. The van der Waals surface area contributed by atoms with Crippen molar-refractivity contribution in [2.45, 2.75) is 9.79 Å². The zero-order valence-electron chi connectivity index (χ0n) is 10.2. The third-order valence-corrected chi connectivity index (χ3v) is 5.01. The highest BCUT2D eigenvalue weighted by Gasteiger charge is 2.23. The molecule has 8 heteroatoms. The van der Waals surface area contributed by atoms with Crippen LogP contribution < -0.4 is 9.86 Å². The van der Waals surface area contributed by atoms with E-state index >= 15 is 0 Å². The molecular weight excluding hydrogens is 300 g/mol. The highest BCUT2D eigenvalue weighted by molar-refractivity contribution is 7.94. The minimum Gasteiger partial charge on any atom is -0.280 e. The van der Waals surface area contributed by atoms with Crippen LogP contribution in [-0.4, -0.2) is 16.8 Å². The van der Waals surface area contributed by atoms with Gasteiger partial charge in [0.25, 0.3) is 10.0 Å². The maximum absolute atomic E-state index is 12.2. The maximum Gasteiger partial charge on any atom is 0.263 e. The summed E-state index contributed by atoms with van der Waals surface area (Å²) in [6.45, 7) is 0. The molecule has 20 heavy (non-hydrogen) atoms. The second kappa shape index (κ2) is 5.23. The highest BCUT2D eigenvalue weighted by Crippen LogP contribution is 2.22. The molecule has 2 rings (SSSR count). The average molecular weight is 312 g/mol.